The van der Waals surface area contributed by atoms with Crippen LogP contribution < -0.4 is 14.8 Å². The predicted octanol–water partition coefficient (Wildman–Crippen LogP) is 3.31. The molecule has 1 heterocycles. The van der Waals surface area contributed by atoms with Crippen LogP contribution in [0.4, 0.5) is 0 Å². The fraction of sp³-hybridized carbons (Fsp3) is 0.0952. The fourth-order valence-electron chi connectivity index (χ4n) is 2.78. The zero-order chi connectivity index (χ0) is 19.6. The fourth-order valence-corrected chi connectivity index (χ4v) is 4.22. The SMILES string of the molecule is Cc1ccc(-n2c(=C(C#N)C#N)sc(=Cc3ccccc3Br)c2=O)c(C)c1. The Morgan fingerprint density at radius 3 is 2.48 bits per heavy atom. The minimum absolute atomic E-state index is 0.0798. The van der Waals surface area contributed by atoms with Crippen LogP contribution in [0.15, 0.2) is 51.7 Å². The molecule has 1 aromatic heterocycles. The lowest BCUT2D eigenvalue weighted by molar-refractivity contribution is 0.973. The Labute approximate surface area is 168 Å². The second-order valence-electron chi connectivity index (χ2n) is 5.97. The molecule has 0 saturated heterocycles. The maximum Gasteiger partial charge on any atom is 0.273 e. The molecule has 0 atom stereocenters. The van der Waals surface area contributed by atoms with E-state index in [2.05, 4.69) is 15.9 Å². The molecule has 0 unspecified atom stereocenters. The molecular weight excluding hydrogens is 422 g/mol. The number of hydrogen-bond donors (Lipinski definition) is 0. The van der Waals surface area contributed by atoms with Gasteiger partial charge in [-0.3, -0.25) is 9.36 Å². The highest BCUT2D eigenvalue weighted by Crippen LogP contribution is 2.16. The first-order valence-corrected chi connectivity index (χ1v) is 9.67. The van der Waals surface area contributed by atoms with Crippen LogP contribution in [0.1, 0.15) is 16.7 Å². The first-order chi connectivity index (χ1) is 13.0. The van der Waals surface area contributed by atoms with Gasteiger partial charge in [0.05, 0.1) is 10.2 Å². The number of aromatic nitrogens is 1. The van der Waals surface area contributed by atoms with Gasteiger partial charge >= 0.3 is 0 Å². The molecule has 0 amide bonds. The van der Waals surface area contributed by atoms with E-state index in [9.17, 15) is 15.3 Å². The number of aryl methyl sites for hydroxylation is 2. The van der Waals surface area contributed by atoms with Gasteiger partial charge in [-0.2, -0.15) is 10.5 Å². The Morgan fingerprint density at radius 1 is 1.15 bits per heavy atom. The van der Waals surface area contributed by atoms with Crippen LogP contribution in [0.3, 0.4) is 0 Å². The topological polar surface area (TPSA) is 69.6 Å². The molecule has 0 saturated carbocycles. The highest BCUT2D eigenvalue weighted by Gasteiger charge is 2.13. The first kappa shape index (κ1) is 18.8. The Hall–Kier alpha value is -2.93. The normalized spacial score (nSPS) is 11.1. The third-order valence-electron chi connectivity index (χ3n) is 4.05. The van der Waals surface area contributed by atoms with E-state index >= 15 is 0 Å². The average molecular weight is 436 g/mol. The van der Waals surface area contributed by atoms with E-state index in [4.69, 9.17) is 0 Å². The summed E-state index contributed by atoms with van der Waals surface area (Å²) in [5.74, 6) is 0. The van der Waals surface area contributed by atoms with Crippen LogP contribution >= 0.6 is 27.3 Å². The number of halogens is 1. The molecular formula is C21H14BrN3OS. The van der Waals surface area contributed by atoms with Crippen LogP contribution in [0.25, 0.3) is 17.3 Å². The van der Waals surface area contributed by atoms with E-state index in [1.165, 1.54) is 4.57 Å². The summed E-state index contributed by atoms with van der Waals surface area (Å²) >= 11 is 4.63. The summed E-state index contributed by atoms with van der Waals surface area (Å²) in [4.78, 5) is 13.2. The van der Waals surface area contributed by atoms with Gasteiger partial charge in [0.25, 0.3) is 5.56 Å². The molecule has 27 heavy (non-hydrogen) atoms. The highest BCUT2D eigenvalue weighted by atomic mass is 79.9. The molecule has 0 aliphatic carbocycles. The van der Waals surface area contributed by atoms with Crippen LogP contribution in [0.5, 0.6) is 0 Å². The molecule has 0 radical (unpaired) electrons. The van der Waals surface area contributed by atoms with Gasteiger partial charge in [0.15, 0.2) is 5.57 Å². The van der Waals surface area contributed by atoms with Crippen LogP contribution in [0.2, 0.25) is 0 Å². The molecule has 2 aromatic carbocycles. The van der Waals surface area contributed by atoms with E-state index in [-0.39, 0.29) is 11.1 Å². The number of hydrogen-bond acceptors (Lipinski definition) is 4. The smallest absolute Gasteiger partial charge is 0.267 e. The zero-order valence-corrected chi connectivity index (χ0v) is 17.1. The molecule has 0 fully saturated rings. The number of nitriles is 2. The molecule has 0 aliphatic rings. The van der Waals surface area contributed by atoms with Gasteiger partial charge in [0.2, 0.25) is 0 Å². The Balaban J connectivity index is 2.45. The maximum atomic E-state index is 13.2. The summed E-state index contributed by atoms with van der Waals surface area (Å²) in [6, 6.07) is 17.1. The van der Waals surface area contributed by atoms with E-state index in [1.54, 1.807) is 6.08 Å². The van der Waals surface area contributed by atoms with Gasteiger partial charge in [0, 0.05) is 4.47 Å². The van der Waals surface area contributed by atoms with Crippen molar-refractivity contribution in [2.75, 3.05) is 0 Å². The van der Waals surface area contributed by atoms with Crippen molar-refractivity contribution in [2.45, 2.75) is 13.8 Å². The number of thiazole rings is 1. The van der Waals surface area contributed by atoms with Crippen molar-refractivity contribution in [1.29, 1.82) is 10.5 Å². The molecule has 0 spiro atoms. The number of rotatable bonds is 2. The third-order valence-corrected chi connectivity index (χ3v) is 5.86. The summed E-state index contributed by atoms with van der Waals surface area (Å²) in [6.07, 6.45) is 1.77. The molecule has 3 aromatic rings. The van der Waals surface area contributed by atoms with E-state index in [1.807, 2.05) is 68.5 Å². The molecule has 0 bridgehead atoms. The van der Waals surface area contributed by atoms with Crippen molar-refractivity contribution in [2.24, 2.45) is 0 Å². The number of nitrogens with zero attached hydrogens (tertiary/aromatic N) is 3. The molecule has 6 heteroatoms. The quantitative estimate of drug-likeness (QED) is 0.619. The van der Waals surface area contributed by atoms with Gasteiger partial charge in [-0.15, -0.1) is 11.3 Å². The first-order valence-electron chi connectivity index (χ1n) is 8.06. The van der Waals surface area contributed by atoms with Gasteiger partial charge < -0.3 is 0 Å². The second-order valence-corrected chi connectivity index (χ2v) is 7.85. The molecule has 3 rings (SSSR count). The minimum Gasteiger partial charge on any atom is -0.267 e. The van der Waals surface area contributed by atoms with Gasteiger partial charge in [-0.05, 0) is 43.2 Å². The lowest BCUT2D eigenvalue weighted by Gasteiger charge is -2.07. The summed E-state index contributed by atoms with van der Waals surface area (Å²) in [7, 11) is 0. The van der Waals surface area contributed by atoms with Gasteiger partial charge in [0.1, 0.15) is 16.8 Å². The maximum absolute atomic E-state index is 13.2. The van der Waals surface area contributed by atoms with Crippen LogP contribution in [0, 0.1) is 36.5 Å². The highest BCUT2D eigenvalue weighted by molar-refractivity contribution is 9.10. The monoisotopic (exact) mass is 435 g/mol. The minimum atomic E-state index is -0.249. The van der Waals surface area contributed by atoms with E-state index < -0.39 is 0 Å². The molecule has 0 aliphatic heterocycles. The summed E-state index contributed by atoms with van der Waals surface area (Å²) in [5, 5.41) is 18.7. The van der Waals surface area contributed by atoms with Crippen molar-refractivity contribution < 1.29 is 0 Å². The summed E-state index contributed by atoms with van der Waals surface area (Å²) in [5.41, 5.74) is 3.17. The van der Waals surface area contributed by atoms with Gasteiger partial charge in [-0.25, -0.2) is 0 Å². The van der Waals surface area contributed by atoms with Crippen molar-refractivity contribution >= 4 is 38.9 Å². The second kappa shape index (κ2) is 7.75. The van der Waals surface area contributed by atoms with E-state index in [0.717, 1.165) is 32.5 Å². The Kier molecular flexibility index (Phi) is 5.41. The van der Waals surface area contributed by atoms with Gasteiger partial charge in [-0.1, -0.05) is 51.8 Å². The lowest BCUT2D eigenvalue weighted by Crippen LogP contribution is -2.31. The molecule has 0 N–H and O–H groups in total. The van der Waals surface area contributed by atoms with Crippen LogP contribution in [-0.4, -0.2) is 4.57 Å². The Bertz CT molecular complexity index is 1290. The van der Waals surface area contributed by atoms with E-state index in [0.29, 0.717) is 14.9 Å². The Morgan fingerprint density at radius 2 is 1.85 bits per heavy atom. The largest absolute Gasteiger partial charge is 0.273 e. The third kappa shape index (κ3) is 3.64. The van der Waals surface area contributed by atoms with Crippen molar-refractivity contribution in [1.82, 2.24) is 4.57 Å². The van der Waals surface area contributed by atoms with Crippen molar-refractivity contribution in [3.8, 4) is 17.8 Å². The predicted molar refractivity (Wildman–Crippen MR) is 111 cm³/mol. The van der Waals surface area contributed by atoms with Crippen molar-refractivity contribution in [3.05, 3.63) is 83.2 Å². The average Bonchev–Trinajstić information content (AvgIpc) is 2.95. The standard InChI is InChI=1S/C21H14BrN3OS/c1-13-7-8-18(14(2)9-13)25-20(26)19(27-21(25)16(11-23)12-24)10-15-5-3-4-6-17(15)22/h3-10H,1-2H3. The molecule has 132 valence electrons. The zero-order valence-electron chi connectivity index (χ0n) is 14.7. The lowest BCUT2D eigenvalue weighted by atomic mass is 10.1. The number of benzene rings is 2. The summed E-state index contributed by atoms with van der Waals surface area (Å²) < 4.78 is 3.13. The van der Waals surface area contributed by atoms with Crippen molar-refractivity contribution in [3.63, 3.8) is 0 Å². The summed E-state index contributed by atoms with van der Waals surface area (Å²) in [6.45, 7) is 3.88. The molecule has 4 nitrogen and oxygen atoms in total. The van der Waals surface area contributed by atoms with Crippen LogP contribution in [-0.2, 0) is 0 Å².